The van der Waals surface area contributed by atoms with E-state index in [9.17, 15) is 4.79 Å². The highest BCUT2D eigenvalue weighted by Gasteiger charge is 2.17. The fraction of sp³-hybridized carbons (Fsp3) is 0.188. The van der Waals surface area contributed by atoms with Gasteiger partial charge in [0.1, 0.15) is 5.75 Å². The molecule has 23 heavy (non-hydrogen) atoms. The standard InChI is InChI=1S/C16H17N3O3S/c1-22-13-4-2-3-11(9-13)14(10-15(20)21)19-16(23)18-12-5-7-17-8-6-12/h2-9,14H,10H2,1H3,(H,20,21)(H2,17,18,19,23)/t14-/m0/s1. The van der Waals surface area contributed by atoms with Crippen LogP contribution in [0.25, 0.3) is 0 Å². The molecule has 2 rings (SSSR count). The minimum Gasteiger partial charge on any atom is -0.497 e. The van der Waals surface area contributed by atoms with E-state index in [-0.39, 0.29) is 6.42 Å². The number of carbonyl (C=O) groups is 1. The number of ether oxygens (including phenoxy) is 1. The second-order valence-electron chi connectivity index (χ2n) is 4.76. The minimum absolute atomic E-state index is 0.106. The van der Waals surface area contributed by atoms with E-state index in [0.717, 1.165) is 11.3 Å². The summed E-state index contributed by atoms with van der Waals surface area (Å²) in [4.78, 5) is 15.1. The number of carboxylic acids is 1. The van der Waals surface area contributed by atoms with Gasteiger partial charge in [-0.3, -0.25) is 9.78 Å². The second kappa shape index (κ2) is 8.09. The Morgan fingerprint density at radius 3 is 2.74 bits per heavy atom. The number of carboxylic acid groups (broad SMARTS) is 1. The molecule has 1 aromatic heterocycles. The zero-order chi connectivity index (χ0) is 16.7. The number of hydrogen-bond donors (Lipinski definition) is 3. The van der Waals surface area contributed by atoms with E-state index in [2.05, 4.69) is 15.6 Å². The lowest BCUT2D eigenvalue weighted by Gasteiger charge is -2.20. The van der Waals surface area contributed by atoms with Gasteiger partial charge in [-0.2, -0.15) is 0 Å². The van der Waals surface area contributed by atoms with Crippen LogP contribution >= 0.6 is 12.2 Å². The van der Waals surface area contributed by atoms with E-state index in [1.165, 1.54) is 0 Å². The highest BCUT2D eigenvalue weighted by atomic mass is 32.1. The average molecular weight is 331 g/mol. The van der Waals surface area contributed by atoms with Crippen molar-refractivity contribution in [3.05, 3.63) is 54.4 Å². The Kier molecular flexibility index (Phi) is 5.87. The number of pyridine rings is 1. The summed E-state index contributed by atoms with van der Waals surface area (Å²) in [6, 6.07) is 10.3. The lowest BCUT2D eigenvalue weighted by atomic mass is 10.0. The van der Waals surface area contributed by atoms with Gasteiger partial charge in [-0.15, -0.1) is 0 Å². The molecule has 0 saturated heterocycles. The number of thiocarbonyl (C=S) groups is 1. The molecule has 0 radical (unpaired) electrons. The van der Waals surface area contributed by atoms with Crippen LogP contribution in [0, 0.1) is 0 Å². The Balaban J connectivity index is 2.11. The summed E-state index contributed by atoms with van der Waals surface area (Å²) in [6.07, 6.45) is 3.18. The zero-order valence-electron chi connectivity index (χ0n) is 12.5. The van der Waals surface area contributed by atoms with Gasteiger partial charge in [-0.25, -0.2) is 0 Å². The Hall–Kier alpha value is -2.67. The molecule has 0 fully saturated rings. The predicted octanol–water partition coefficient (Wildman–Crippen LogP) is 2.59. The number of rotatable bonds is 6. The number of methoxy groups -OCH3 is 1. The van der Waals surface area contributed by atoms with Crippen LogP contribution in [0.5, 0.6) is 5.75 Å². The van der Waals surface area contributed by atoms with E-state index in [1.807, 2.05) is 12.1 Å². The summed E-state index contributed by atoms with van der Waals surface area (Å²) >= 11 is 5.26. The number of anilines is 1. The monoisotopic (exact) mass is 331 g/mol. The van der Waals surface area contributed by atoms with Gasteiger partial charge in [0.2, 0.25) is 0 Å². The topological polar surface area (TPSA) is 83.5 Å². The first kappa shape index (κ1) is 16.7. The maximum Gasteiger partial charge on any atom is 0.305 e. The lowest BCUT2D eigenvalue weighted by molar-refractivity contribution is -0.137. The van der Waals surface area contributed by atoms with Crippen LogP contribution < -0.4 is 15.4 Å². The first-order chi connectivity index (χ1) is 11.1. The Labute approximate surface area is 139 Å². The van der Waals surface area contributed by atoms with Gasteiger partial charge < -0.3 is 20.5 Å². The van der Waals surface area contributed by atoms with Gasteiger partial charge in [0.25, 0.3) is 0 Å². The van der Waals surface area contributed by atoms with E-state index in [1.54, 1.807) is 43.8 Å². The van der Waals surface area contributed by atoms with Crippen molar-refractivity contribution in [2.75, 3.05) is 12.4 Å². The molecule has 7 heteroatoms. The summed E-state index contributed by atoms with van der Waals surface area (Å²) in [5.41, 5.74) is 1.56. The molecule has 3 N–H and O–H groups in total. The third kappa shape index (κ3) is 5.23. The largest absolute Gasteiger partial charge is 0.497 e. The average Bonchev–Trinajstić information content (AvgIpc) is 2.54. The van der Waals surface area contributed by atoms with Crippen LogP contribution in [0.3, 0.4) is 0 Å². The van der Waals surface area contributed by atoms with E-state index >= 15 is 0 Å². The fourth-order valence-corrected chi connectivity index (χ4v) is 2.31. The molecule has 0 aliphatic carbocycles. The van der Waals surface area contributed by atoms with Crippen molar-refractivity contribution in [2.45, 2.75) is 12.5 Å². The molecular formula is C16H17N3O3S. The van der Waals surface area contributed by atoms with Crippen molar-refractivity contribution in [2.24, 2.45) is 0 Å². The van der Waals surface area contributed by atoms with E-state index in [4.69, 9.17) is 22.1 Å². The fourth-order valence-electron chi connectivity index (χ4n) is 2.05. The Morgan fingerprint density at radius 2 is 2.09 bits per heavy atom. The highest BCUT2D eigenvalue weighted by Crippen LogP contribution is 2.22. The molecule has 2 aromatic rings. The minimum atomic E-state index is -0.919. The van der Waals surface area contributed by atoms with Gasteiger partial charge in [-0.05, 0) is 42.0 Å². The number of benzene rings is 1. The Bertz CT molecular complexity index is 679. The van der Waals surface area contributed by atoms with Gasteiger partial charge in [0.05, 0.1) is 19.6 Å². The van der Waals surface area contributed by atoms with Gasteiger partial charge >= 0.3 is 5.97 Å². The van der Waals surface area contributed by atoms with Crippen molar-refractivity contribution in [3.8, 4) is 5.75 Å². The number of nitrogens with one attached hydrogen (secondary N) is 2. The first-order valence-electron chi connectivity index (χ1n) is 6.92. The number of aliphatic carboxylic acids is 1. The maximum absolute atomic E-state index is 11.1. The van der Waals surface area contributed by atoms with Crippen molar-refractivity contribution in [1.82, 2.24) is 10.3 Å². The molecule has 0 unspecified atom stereocenters. The van der Waals surface area contributed by atoms with Crippen LogP contribution in [-0.2, 0) is 4.79 Å². The zero-order valence-corrected chi connectivity index (χ0v) is 13.3. The van der Waals surface area contributed by atoms with Gasteiger partial charge in [0, 0.05) is 18.1 Å². The molecule has 0 amide bonds. The molecule has 0 spiro atoms. The van der Waals surface area contributed by atoms with Crippen molar-refractivity contribution < 1.29 is 14.6 Å². The molecule has 1 heterocycles. The number of hydrogen-bond acceptors (Lipinski definition) is 4. The lowest BCUT2D eigenvalue weighted by Crippen LogP contribution is -2.33. The van der Waals surface area contributed by atoms with Crippen LogP contribution in [0.4, 0.5) is 5.69 Å². The van der Waals surface area contributed by atoms with Crippen LogP contribution in [0.2, 0.25) is 0 Å². The normalized spacial score (nSPS) is 11.3. The van der Waals surface area contributed by atoms with Crippen molar-refractivity contribution in [1.29, 1.82) is 0 Å². The molecule has 1 atom stereocenters. The van der Waals surface area contributed by atoms with Gasteiger partial charge in [-0.1, -0.05) is 12.1 Å². The first-order valence-corrected chi connectivity index (χ1v) is 7.32. The molecule has 0 aliphatic heterocycles. The summed E-state index contributed by atoms with van der Waals surface area (Å²) in [6.45, 7) is 0. The van der Waals surface area contributed by atoms with Crippen LogP contribution in [0.15, 0.2) is 48.8 Å². The summed E-state index contributed by atoms with van der Waals surface area (Å²) in [5, 5.41) is 15.5. The second-order valence-corrected chi connectivity index (χ2v) is 5.17. The molecule has 6 nitrogen and oxygen atoms in total. The smallest absolute Gasteiger partial charge is 0.305 e. The molecule has 120 valence electrons. The Morgan fingerprint density at radius 1 is 1.35 bits per heavy atom. The molecule has 0 aliphatic rings. The predicted molar refractivity (Wildman–Crippen MR) is 91.6 cm³/mol. The summed E-state index contributed by atoms with van der Waals surface area (Å²) in [7, 11) is 1.56. The maximum atomic E-state index is 11.1. The van der Waals surface area contributed by atoms with E-state index in [0.29, 0.717) is 10.9 Å². The SMILES string of the molecule is COc1cccc([C@H](CC(=O)O)NC(=S)Nc2ccncc2)c1. The molecule has 0 bridgehead atoms. The van der Waals surface area contributed by atoms with E-state index < -0.39 is 12.0 Å². The number of aromatic nitrogens is 1. The third-order valence-corrected chi connectivity index (χ3v) is 3.34. The third-order valence-electron chi connectivity index (χ3n) is 3.12. The van der Waals surface area contributed by atoms with Crippen LogP contribution in [-0.4, -0.2) is 28.3 Å². The molecular weight excluding hydrogens is 314 g/mol. The van der Waals surface area contributed by atoms with Crippen molar-refractivity contribution >= 4 is 29.0 Å². The van der Waals surface area contributed by atoms with Gasteiger partial charge in [0.15, 0.2) is 5.11 Å². The summed E-state index contributed by atoms with van der Waals surface area (Å²) in [5.74, 6) is -0.260. The van der Waals surface area contributed by atoms with Crippen molar-refractivity contribution in [3.63, 3.8) is 0 Å². The molecule has 0 saturated carbocycles. The van der Waals surface area contributed by atoms with Crippen LogP contribution in [0.1, 0.15) is 18.0 Å². The highest BCUT2D eigenvalue weighted by molar-refractivity contribution is 7.80. The molecule has 1 aromatic carbocycles. The number of nitrogens with zero attached hydrogens (tertiary/aromatic N) is 1. The summed E-state index contributed by atoms with van der Waals surface area (Å²) < 4.78 is 5.18. The quantitative estimate of drug-likeness (QED) is 0.702.